The Hall–Kier alpha value is -1.18. The summed E-state index contributed by atoms with van der Waals surface area (Å²) in [6.07, 6.45) is 4.08. The van der Waals surface area contributed by atoms with Gasteiger partial charge in [-0.15, -0.1) is 23.7 Å². The summed E-state index contributed by atoms with van der Waals surface area (Å²) in [5.74, 6) is 1.80. The highest BCUT2D eigenvalue weighted by Gasteiger charge is 2.30. The highest BCUT2D eigenvalue weighted by molar-refractivity contribution is 7.15. The zero-order chi connectivity index (χ0) is 14.1. The van der Waals surface area contributed by atoms with Gasteiger partial charge in [0.05, 0.1) is 6.04 Å². The average Bonchev–Trinajstić information content (AvgIpc) is 3.10. The molecule has 0 aromatic carbocycles. The predicted molar refractivity (Wildman–Crippen MR) is 84.5 cm³/mol. The lowest BCUT2D eigenvalue weighted by molar-refractivity contribution is 0.235. The molecule has 0 spiro atoms. The van der Waals surface area contributed by atoms with Gasteiger partial charge in [-0.2, -0.15) is 4.98 Å². The van der Waals surface area contributed by atoms with E-state index in [2.05, 4.69) is 33.9 Å². The lowest BCUT2D eigenvalue weighted by atomic mass is 10.2. The molecule has 1 aliphatic heterocycles. The molecule has 2 aromatic rings. The van der Waals surface area contributed by atoms with E-state index in [1.54, 1.807) is 11.3 Å². The smallest absolute Gasteiger partial charge is 0.229 e. The standard InChI is InChI=1S/C13H19N5OS.ClH/c1-8(2)12-16-11(17-19-12)10-4-3-5-18(10)7-9-6-15-13(14)20-9;/h6,8,10H,3-5,7H2,1-2H3,(H2,14,15);1H. The molecule has 0 radical (unpaired) electrons. The van der Waals surface area contributed by atoms with E-state index in [4.69, 9.17) is 10.3 Å². The zero-order valence-electron chi connectivity index (χ0n) is 12.2. The lowest BCUT2D eigenvalue weighted by Crippen LogP contribution is -2.23. The maximum Gasteiger partial charge on any atom is 0.229 e. The third-order valence-electron chi connectivity index (χ3n) is 3.54. The van der Waals surface area contributed by atoms with Crippen LogP contribution in [0.15, 0.2) is 10.7 Å². The number of nitrogens with two attached hydrogens (primary N) is 1. The Bertz CT molecular complexity index is 585. The quantitative estimate of drug-likeness (QED) is 0.928. The molecule has 2 N–H and O–H groups in total. The fourth-order valence-corrected chi connectivity index (χ4v) is 3.23. The average molecular weight is 330 g/mol. The molecule has 3 heterocycles. The van der Waals surface area contributed by atoms with Crippen LogP contribution >= 0.6 is 23.7 Å². The molecule has 21 heavy (non-hydrogen) atoms. The number of hydrogen-bond acceptors (Lipinski definition) is 7. The predicted octanol–water partition coefficient (Wildman–Crippen LogP) is 2.99. The van der Waals surface area contributed by atoms with Gasteiger partial charge in [-0.25, -0.2) is 4.98 Å². The van der Waals surface area contributed by atoms with Crippen molar-refractivity contribution in [1.82, 2.24) is 20.0 Å². The van der Waals surface area contributed by atoms with Crippen LogP contribution in [0.25, 0.3) is 0 Å². The van der Waals surface area contributed by atoms with Crippen LogP contribution in [0, 0.1) is 0 Å². The van der Waals surface area contributed by atoms with E-state index in [0.29, 0.717) is 11.0 Å². The molecular weight excluding hydrogens is 310 g/mol. The second-order valence-corrected chi connectivity index (χ2v) is 6.59. The molecule has 2 aromatic heterocycles. The van der Waals surface area contributed by atoms with Crippen molar-refractivity contribution in [1.29, 1.82) is 0 Å². The molecule has 3 rings (SSSR count). The van der Waals surface area contributed by atoms with Crippen molar-refractivity contribution in [3.05, 3.63) is 22.8 Å². The monoisotopic (exact) mass is 329 g/mol. The van der Waals surface area contributed by atoms with Crippen LogP contribution < -0.4 is 5.73 Å². The molecule has 1 fully saturated rings. The third-order valence-corrected chi connectivity index (χ3v) is 4.35. The number of nitrogens with zero attached hydrogens (tertiary/aromatic N) is 4. The maximum atomic E-state index is 5.68. The minimum Gasteiger partial charge on any atom is -0.375 e. The van der Waals surface area contributed by atoms with Crippen molar-refractivity contribution < 1.29 is 4.52 Å². The van der Waals surface area contributed by atoms with Crippen LogP contribution in [0.3, 0.4) is 0 Å². The minimum atomic E-state index is 0. The lowest BCUT2D eigenvalue weighted by Gasteiger charge is -2.20. The molecule has 6 nitrogen and oxygen atoms in total. The first kappa shape index (κ1) is 16.2. The fraction of sp³-hybridized carbons (Fsp3) is 0.615. The van der Waals surface area contributed by atoms with Gasteiger partial charge < -0.3 is 10.3 Å². The molecule has 1 atom stereocenters. The summed E-state index contributed by atoms with van der Waals surface area (Å²) in [6.45, 7) is 6.02. The summed E-state index contributed by atoms with van der Waals surface area (Å²) >= 11 is 1.54. The molecule has 1 saturated heterocycles. The van der Waals surface area contributed by atoms with Gasteiger partial charge in [0.25, 0.3) is 0 Å². The van der Waals surface area contributed by atoms with E-state index in [1.807, 2.05) is 6.20 Å². The summed E-state index contributed by atoms with van der Waals surface area (Å²) in [4.78, 5) is 12.2. The number of nitrogen functional groups attached to an aromatic ring is 1. The molecular formula is C13H20ClN5OS. The number of thiazole rings is 1. The van der Waals surface area contributed by atoms with E-state index in [-0.39, 0.29) is 24.4 Å². The number of halogens is 1. The normalized spacial score (nSPS) is 19.1. The first-order valence-corrected chi connectivity index (χ1v) is 7.73. The number of hydrogen-bond donors (Lipinski definition) is 1. The molecule has 1 aliphatic rings. The van der Waals surface area contributed by atoms with E-state index in [1.165, 1.54) is 4.88 Å². The van der Waals surface area contributed by atoms with Crippen LogP contribution in [-0.4, -0.2) is 26.6 Å². The molecule has 8 heteroatoms. The third kappa shape index (κ3) is 3.53. The van der Waals surface area contributed by atoms with Crippen molar-refractivity contribution >= 4 is 28.9 Å². The van der Waals surface area contributed by atoms with Crippen molar-refractivity contribution in [2.24, 2.45) is 0 Å². The van der Waals surface area contributed by atoms with Crippen molar-refractivity contribution in [3.63, 3.8) is 0 Å². The molecule has 0 aliphatic carbocycles. The second-order valence-electron chi connectivity index (χ2n) is 5.44. The Morgan fingerprint density at radius 1 is 1.52 bits per heavy atom. The number of aromatic nitrogens is 3. The number of likely N-dealkylation sites (tertiary alicyclic amines) is 1. The van der Waals surface area contributed by atoms with Crippen LogP contribution in [-0.2, 0) is 6.54 Å². The van der Waals surface area contributed by atoms with Crippen LogP contribution in [0.5, 0.6) is 0 Å². The maximum absolute atomic E-state index is 5.68. The van der Waals surface area contributed by atoms with Gasteiger partial charge in [-0.05, 0) is 19.4 Å². The Morgan fingerprint density at radius 3 is 2.95 bits per heavy atom. The number of anilines is 1. The largest absolute Gasteiger partial charge is 0.375 e. The van der Waals surface area contributed by atoms with Gasteiger partial charge in [0.15, 0.2) is 11.0 Å². The molecule has 1 unspecified atom stereocenters. The molecule has 0 bridgehead atoms. The molecule has 0 amide bonds. The van der Waals surface area contributed by atoms with Gasteiger partial charge in [0.1, 0.15) is 0 Å². The van der Waals surface area contributed by atoms with Gasteiger partial charge in [0, 0.05) is 23.5 Å². The van der Waals surface area contributed by atoms with Gasteiger partial charge in [-0.1, -0.05) is 19.0 Å². The summed E-state index contributed by atoms with van der Waals surface area (Å²) in [6, 6.07) is 0.245. The van der Waals surface area contributed by atoms with E-state index < -0.39 is 0 Å². The number of rotatable bonds is 4. The zero-order valence-corrected chi connectivity index (χ0v) is 13.8. The first-order chi connectivity index (χ1) is 9.63. The summed E-state index contributed by atoms with van der Waals surface area (Å²) in [7, 11) is 0. The van der Waals surface area contributed by atoms with E-state index in [9.17, 15) is 0 Å². The highest BCUT2D eigenvalue weighted by atomic mass is 35.5. The SMILES string of the molecule is CC(C)c1nc(C2CCCN2Cc2cnc(N)s2)no1.Cl. The Kier molecular flexibility index (Phi) is 5.18. The second kappa shape index (κ2) is 6.72. The topological polar surface area (TPSA) is 81.1 Å². The van der Waals surface area contributed by atoms with Crippen LogP contribution in [0.2, 0.25) is 0 Å². The molecule has 116 valence electrons. The van der Waals surface area contributed by atoms with E-state index in [0.717, 1.165) is 31.8 Å². The van der Waals surface area contributed by atoms with Gasteiger partial charge >= 0.3 is 0 Å². The van der Waals surface area contributed by atoms with Crippen molar-refractivity contribution in [2.75, 3.05) is 12.3 Å². The first-order valence-electron chi connectivity index (χ1n) is 6.91. The Morgan fingerprint density at radius 2 is 2.33 bits per heavy atom. The fourth-order valence-electron chi connectivity index (χ4n) is 2.52. The van der Waals surface area contributed by atoms with Gasteiger partial charge in [0.2, 0.25) is 5.89 Å². The highest BCUT2D eigenvalue weighted by Crippen LogP contribution is 2.33. The summed E-state index contributed by atoms with van der Waals surface area (Å²) in [5, 5.41) is 4.77. The summed E-state index contributed by atoms with van der Waals surface area (Å²) < 4.78 is 5.32. The van der Waals surface area contributed by atoms with Crippen LogP contribution in [0.4, 0.5) is 5.13 Å². The van der Waals surface area contributed by atoms with Crippen molar-refractivity contribution in [3.8, 4) is 0 Å². The van der Waals surface area contributed by atoms with Gasteiger partial charge in [-0.3, -0.25) is 4.90 Å². The van der Waals surface area contributed by atoms with Crippen molar-refractivity contribution in [2.45, 2.75) is 45.2 Å². The van der Waals surface area contributed by atoms with Crippen LogP contribution in [0.1, 0.15) is 55.2 Å². The Labute approximate surface area is 134 Å². The Balaban J connectivity index is 0.00000161. The minimum absolute atomic E-state index is 0. The van der Waals surface area contributed by atoms with E-state index >= 15 is 0 Å². The molecule has 0 saturated carbocycles. The summed E-state index contributed by atoms with van der Waals surface area (Å²) in [5.41, 5.74) is 5.68.